The zero-order chi connectivity index (χ0) is 13.1. The second-order valence-electron chi connectivity index (χ2n) is 4.36. The Morgan fingerprint density at radius 2 is 1.83 bits per heavy atom. The molecule has 1 N–H and O–H groups in total. The first-order valence-electron chi connectivity index (χ1n) is 6.14. The van der Waals surface area contributed by atoms with Gasteiger partial charge in [-0.3, -0.25) is 4.98 Å². The van der Waals surface area contributed by atoms with Crippen molar-refractivity contribution >= 4 is 0 Å². The zero-order valence-corrected chi connectivity index (χ0v) is 10.6. The van der Waals surface area contributed by atoms with E-state index in [-0.39, 0.29) is 11.7 Å². The molecule has 5 heteroatoms. The Kier molecular flexibility index (Phi) is 3.50. The molecule has 5 nitrogen and oxygen atoms in total. The Bertz CT molecular complexity index is 622. The van der Waals surface area contributed by atoms with E-state index in [1.807, 2.05) is 37.3 Å². The molecule has 0 aliphatic heterocycles. The Hall–Kier alpha value is -2.04. The smallest absolute Gasteiger partial charge is 0.256 e. The quantitative estimate of drug-likeness (QED) is 0.893. The van der Waals surface area contributed by atoms with Crippen LogP contribution in [0.25, 0.3) is 5.69 Å². The summed E-state index contributed by atoms with van der Waals surface area (Å²) in [7, 11) is 0. The average molecular weight is 247 g/mol. The molecule has 1 aromatic carbocycles. The molecule has 0 spiro atoms. The monoisotopic (exact) mass is 247 g/mol. The molecular weight excluding hydrogens is 230 g/mol. The van der Waals surface area contributed by atoms with Gasteiger partial charge in [0, 0.05) is 0 Å². The van der Waals surface area contributed by atoms with Crippen molar-refractivity contribution < 1.29 is 0 Å². The molecule has 0 saturated heterocycles. The largest absolute Gasteiger partial charge is 0.349 e. The van der Waals surface area contributed by atoms with Crippen LogP contribution in [-0.2, 0) is 0 Å². The van der Waals surface area contributed by atoms with Gasteiger partial charge in [-0.15, -0.1) is 0 Å². The van der Waals surface area contributed by atoms with Gasteiger partial charge in [-0.2, -0.15) is 4.68 Å². The first-order chi connectivity index (χ1) is 8.65. The summed E-state index contributed by atoms with van der Waals surface area (Å²) in [6, 6.07) is 9.16. The van der Waals surface area contributed by atoms with Gasteiger partial charge in [-0.1, -0.05) is 31.5 Å². The second-order valence-corrected chi connectivity index (χ2v) is 4.36. The summed E-state index contributed by atoms with van der Waals surface area (Å²) in [5.74, 6) is 0. The Morgan fingerprint density at radius 3 is 2.44 bits per heavy atom. The molecular formula is C13H17N3O2. The average Bonchev–Trinajstić information content (AvgIpc) is 2.65. The van der Waals surface area contributed by atoms with Crippen molar-refractivity contribution in [1.82, 2.24) is 14.3 Å². The van der Waals surface area contributed by atoms with E-state index < -0.39 is 5.69 Å². The number of nitrogens with zero attached hydrogens (tertiary/aromatic N) is 2. The fourth-order valence-corrected chi connectivity index (χ4v) is 2.14. The van der Waals surface area contributed by atoms with Crippen molar-refractivity contribution in [2.24, 2.45) is 0 Å². The number of para-hydroxylation sites is 1. The lowest BCUT2D eigenvalue weighted by atomic mass is 10.2. The number of hydrogen-bond acceptors (Lipinski definition) is 2. The third kappa shape index (κ3) is 2.16. The van der Waals surface area contributed by atoms with Crippen LogP contribution in [-0.4, -0.2) is 14.3 Å². The standard InChI is InChI=1S/C13H17N3O2/c1-3-7-10(2)15-12(17)14-13(18)16(15)11-8-5-4-6-9-11/h4-6,8-10H,3,7H2,1-2H3,(H,14,17,18). The molecule has 0 aliphatic carbocycles. The molecule has 18 heavy (non-hydrogen) atoms. The maximum atomic E-state index is 11.9. The van der Waals surface area contributed by atoms with Gasteiger partial charge in [-0.05, 0) is 25.5 Å². The molecule has 2 aromatic rings. The van der Waals surface area contributed by atoms with E-state index in [1.165, 1.54) is 9.36 Å². The number of benzene rings is 1. The zero-order valence-electron chi connectivity index (χ0n) is 10.6. The van der Waals surface area contributed by atoms with Crippen LogP contribution in [0.4, 0.5) is 0 Å². The van der Waals surface area contributed by atoms with Gasteiger partial charge < -0.3 is 0 Å². The van der Waals surface area contributed by atoms with E-state index in [0.29, 0.717) is 5.69 Å². The van der Waals surface area contributed by atoms with Crippen LogP contribution in [0.5, 0.6) is 0 Å². The van der Waals surface area contributed by atoms with Gasteiger partial charge in [-0.25, -0.2) is 14.3 Å². The number of H-pyrrole nitrogens is 1. The highest BCUT2D eigenvalue weighted by Gasteiger charge is 2.15. The lowest BCUT2D eigenvalue weighted by molar-refractivity contribution is 0.406. The summed E-state index contributed by atoms with van der Waals surface area (Å²) in [6.07, 6.45) is 1.81. The summed E-state index contributed by atoms with van der Waals surface area (Å²) >= 11 is 0. The molecule has 0 radical (unpaired) electrons. The first kappa shape index (κ1) is 12.4. The van der Waals surface area contributed by atoms with Crippen molar-refractivity contribution in [2.75, 3.05) is 0 Å². The highest BCUT2D eigenvalue weighted by Crippen LogP contribution is 2.12. The summed E-state index contributed by atoms with van der Waals surface area (Å²) in [5, 5.41) is 0. The molecule has 0 saturated carbocycles. The maximum absolute atomic E-state index is 11.9. The van der Waals surface area contributed by atoms with E-state index in [2.05, 4.69) is 11.9 Å². The van der Waals surface area contributed by atoms with E-state index in [0.717, 1.165) is 12.8 Å². The predicted molar refractivity (Wildman–Crippen MR) is 70.3 cm³/mol. The van der Waals surface area contributed by atoms with Gasteiger partial charge in [0.25, 0.3) is 0 Å². The number of rotatable bonds is 4. The molecule has 1 aromatic heterocycles. The Morgan fingerprint density at radius 1 is 1.17 bits per heavy atom. The lowest BCUT2D eigenvalue weighted by Crippen LogP contribution is -2.28. The van der Waals surface area contributed by atoms with Crippen LogP contribution in [0.3, 0.4) is 0 Å². The fourth-order valence-electron chi connectivity index (χ4n) is 2.14. The van der Waals surface area contributed by atoms with Crippen LogP contribution in [0.1, 0.15) is 32.7 Å². The van der Waals surface area contributed by atoms with E-state index in [1.54, 1.807) is 0 Å². The van der Waals surface area contributed by atoms with Crippen LogP contribution >= 0.6 is 0 Å². The van der Waals surface area contributed by atoms with Crippen LogP contribution in [0.2, 0.25) is 0 Å². The van der Waals surface area contributed by atoms with Gasteiger partial charge >= 0.3 is 11.4 Å². The minimum atomic E-state index is -0.394. The predicted octanol–water partition coefficient (Wildman–Crippen LogP) is 1.69. The summed E-state index contributed by atoms with van der Waals surface area (Å²) in [4.78, 5) is 26.0. The SMILES string of the molecule is CCCC(C)n1c(=O)[nH]c(=O)n1-c1ccccc1. The minimum absolute atomic E-state index is 0.0124. The molecule has 96 valence electrons. The Labute approximate surface area is 105 Å². The third-order valence-corrected chi connectivity index (χ3v) is 2.95. The van der Waals surface area contributed by atoms with Crippen molar-refractivity contribution in [3.8, 4) is 5.69 Å². The minimum Gasteiger partial charge on any atom is -0.256 e. The molecule has 1 atom stereocenters. The summed E-state index contributed by atoms with van der Waals surface area (Å²) in [5.41, 5.74) is -0.0530. The molecule has 0 amide bonds. The molecule has 0 fully saturated rings. The van der Waals surface area contributed by atoms with Crippen LogP contribution in [0, 0.1) is 0 Å². The van der Waals surface area contributed by atoms with Crippen LogP contribution in [0.15, 0.2) is 39.9 Å². The number of aromatic amines is 1. The fraction of sp³-hybridized carbons (Fsp3) is 0.385. The molecule has 0 bridgehead atoms. The van der Waals surface area contributed by atoms with E-state index in [9.17, 15) is 9.59 Å². The first-order valence-corrected chi connectivity index (χ1v) is 6.14. The highest BCUT2D eigenvalue weighted by molar-refractivity contribution is 5.29. The van der Waals surface area contributed by atoms with Crippen molar-refractivity contribution in [3.05, 3.63) is 51.3 Å². The molecule has 1 heterocycles. The van der Waals surface area contributed by atoms with Gasteiger partial charge in [0.05, 0.1) is 11.7 Å². The number of aromatic nitrogens is 3. The summed E-state index contributed by atoms with van der Waals surface area (Å²) < 4.78 is 2.89. The summed E-state index contributed by atoms with van der Waals surface area (Å²) in [6.45, 7) is 4.00. The Balaban J connectivity index is 2.61. The van der Waals surface area contributed by atoms with Gasteiger partial charge in [0.2, 0.25) is 0 Å². The highest BCUT2D eigenvalue weighted by atomic mass is 16.2. The van der Waals surface area contributed by atoms with Gasteiger partial charge in [0.15, 0.2) is 0 Å². The lowest BCUT2D eigenvalue weighted by Gasteiger charge is -2.15. The maximum Gasteiger partial charge on any atom is 0.349 e. The number of nitrogens with one attached hydrogen (secondary N) is 1. The van der Waals surface area contributed by atoms with Crippen molar-refractivity contribution in [1.29, 1.82) is 0 Å². The number of hydrogen-bond donors (Lipinski definition) is 1. The molecule has 0 aliphatic rings. The molecule has 1 unspecified atom stereocenters. The topological polar surface area (TPSA) is 59.8 Å². The van der Waals surface area contributed by atoms with Crippen molar-refractivity contribution in [3.63, 3.8) is 0 Å². The normalized spacial score (nSPS) is 12.6. The second kappa shape index (κ2) is 5.08. The molecule has 2 rings (SSSR count). The van der Waals surface area contributed by atoms with E-state index in [4.69, 9.17) is 0 Å². The van der Waals surface area contributed by atoms with E-state index >= 15 is 0 Å². The van der Waals surface area contributed by atoms with Gasteiger partial charge in [0.1, 0.15) is 0 Å². The van der Waals surface area contributed by atoms with Crippen molar-refractivity contribution in [2.45, 2.75) is 32.7 Å². The third-order valence-electron chi connectivity index (χ3n) is 2.95. The van der Waals surface area contributed by atoms with Crippen LogP contribution < -0.4 is 11.4 Å².